The summed E-state index contributed by atoms with van der Waals surface area (Å²) in [6.07, 6.45) is 0. The number of carbonyl (C=O) groups is 4. The molecule has 0 saturated carbocycles. The van der Waals surface area contributed by atoms with Gasteiger partial charge in [0.25, 0.3) is 11.8 Å². The van der Waals surface area contributed by atoms with Crippen molar-refractivity contribution in [1.82, 2.24) is 10.2 Å². The minimum Gasteiger partial charge on any atom is -0.477 e. The van der Waals surface area contributed by atoms with Crippen molar-refractivity contribution < 1.29 is 33.9 Å². The standard InChI is InChI=1S/C14H16BrN3O7S/c1-24-4-6-5-26-13-9(12(21)18(13)10(6)14(22)23)16-11(20)8(17-25-2)7(19)3-15/h9,13H,3-5H2,1-2H3,(H,16,20)(H,22,23)/b17-8-/t9?,13-/m1/s1. The maximum atomic E-state index is 12.4. The summed E-state index contributed by atoms with van der Waals surface area (Å²) in [5.41, 5.74) is -0.130. The van der Waals surface area contributed by atoms with Crippen LogP contribution in [0, 0.1) is 0 Å². The average Bonchev–Trinajstić information content (AvgIpc) is 2.62. The summed E-state index contributed by atoms with van der Waals surface area (Å²) < 4.78 is 4.98. The van der Waals surface area contributed by atoms with Gasteiger partial charge in [0.1, 0.15) is 24.2 Å². The van der Waals surface area contributed by atoms with Crippen molar-refractivity contribution in [1.29, 1.82) is 0 Å². The molecule has 2 heterocycles. The topological polar surface area (TPSA) is 135 Å². The number of methoxy groups -OCH3 is 1. The van der Waals surface area contributed by atoms with E-state index in [9.17, 15) is 24.3 Å². The van der Waals surface area contributed by atoms with Gasteiger partial charge < -0.3 is 20.0 Å². The number of nitrogens with zero attached hydrogens (tertiary/aromatic N) is 2. The Labute approximate surface area is 161 Å². The molecule has 1 fully saturated rings. The van der Waals surface area contributed by atoms with Crippen LogP contribution in [0.3, 0.4) is 0 Å². The molecule has 26 heavy (non-hydrogen) atoms. The molecule has 2 aliphatic heterocycles. The smallest absolute Gasteiger partial charge is 0.352 e. The van der Waals surface area contributed by atoms with Crippen LogP contribution in [0.1, 0.15) is 0 Å². The highest BCUT2D eigenvalue weighted by Crippen LogP contribution is 2.40. The number of hydrogen-bond donors (Lipinski definition) is 2. The zero-order valence-electron chi connectivity index (χ0n) is 13.9. The van der Waals surface area contributed by atoms with Crippen LogP contribution in [0.5, 0.6) is 0 Å². The van der Waals surface area contributed by atoms with Crippen molar-refractivity contribution >= 4 is 57.0 Å². The van der Waals surface area contributed by atoms with Gasteiger partial charge in [-0.3, -0.25) is 19.3 Å². The summed E-state index contributed by atoms with van der Waals surface area (Å²) in [6.45, 7) is 0.0898. The molecule has 10 nitrogen and oxygen atoms in total. The molecule has 0 aliphatic carbocycles. The summed E-state index contributed by atoms with van der Waals surface area (Å²) in [7, 11) is 2.62. The van der Waals surface area contributed by atoms with Crippen LogP contribution in [-0.4, -0.2) is 82.6 Å². The monoisotopic (exact) mass is 449 g/mol. The number of ketones is 1. The van der Waals surface area contributed by atoms with E-state index in [0.717, 1.165) is 4.90 Å². The van der Waals surface area contributed by atoms with Gasteiger partial charge in [0.05, 0.1) is 11.9 Å². The van der Waals surface area contributed by atoms with Gasteiger partial charge in [-0.05, 0) is 5.57 Å². The van der Waals surface area contributed by atoms with Gasteiger partial charge in [-0.15, -0.1) is 11.8 Å². The summed E-state index contributed by atoms with van der Waals surface area (Å²) in [5.74, 6) is -2.95. The lowest BCUT2D eigenvalue weighted by Crippen LogP contribution is -2.71. The third kappa shape index (κ3) is 3.76. The minimum absolute atomic E-state index is 0.0898. The first-order valence-corrected chi connectivity index (χ1v) is 9.44. The molecule has 0 bridgehead atoms. The summed E-state index contributed by atoms with van der Waals surface area (Å²) in [6, 6.07) is -0.962. The fraction of sp³-hybridized carbons (Fsp3) is 0.500. The van der Waals surface area contributed by atoms with E-state index in [4.69, 9.17) is 4.74 Å². The molecule has 2 N–H and O–H groups in total. The van der Waals surface area contributed by atoms with E-state index < -0.39 is 40.7 Å². The number of carboxylic acids is 1. The number of halogens is 1. The minimum atomic E-state index is -1.24. The van der Waals surface area contributed by atoms with E-state index in [2.05, 4.69) is 31.2 Å². The second-order valence-corrected chi connectivity index (χ2v) is 6.90. The lowest BCUT2D eigenvalue weighted by molar-refractivity contribution is -0.150. The van der Waals surface area contributed by atoms with Crippen LogP contribution in [0.4, 0.5) is 0 Å². The predicted molar refractivity (Wildman–Crippen MR) is 94.8 cm³/mol. The van der Waals surface area contributed by atoms with Crippen molar-refractivity contribution in [3.05, 3.63) is 11.3 Å². The van der Waals surface area contributed by atoms with Gasteiger partial charge in [-0.2, -0.15) is 0 Å². The number of carboxylic acid groups (broad SMARTS) is 1. The Morgan fingerprint density at radius 3 is 2.65 bits per heavy atom. The molecule has 12 heteroatoms. The van der Waals surface area contributed by atoms with Crippen LogP contribution in [-0.2, 0) is 28.8 Å². The highest BCUT2D eigenvalue weighted by atomic mass is 79.9. The van der Waals surface area contributed by atoms with E-state index in [-0.39, 0.29) is 17.6 Å². The number of ether oxygens (including phenoxy) is 1. The number of Topliss-reactive ketones (excluding diaryl/α,β-unsaturated/α-hetero) is 1. The molecule has 1 saturated heterocycles. The van der Waals surface area contributed by atoms with Gasteiger partial charge in [0.15, 0.2) is 0 Å². The Morgan fingerprint density at radius 2 is 2.12 bits per heavy atom. The molecular weight excluding hydrogens is 434 g/mol. The van der Waals surface area contributed by atoms with Gasteiger partial charge in [-0.25, -0.2) is 4.79 Å². The van der Waals surface area contributed by atoms with Crippen LogP contribution in [0.2, 0.25) is 0 Å². The second-order valence-electron chi connectivity index (χ2n) is 5.23. The number of oxime groups is 1. The third-order valence-corrected chi connectivity index (χ3v) is 5.49. The Kier molecular flexibility index (Phi) is 6.78. The molecule has 0 aromatic carbocycles. The zero-order valence-corrected chi connectivity index (χ0v) is 16.3. The number of alkyl halides is 1. The number of β-lactam (4-membered cyclic amide) rings is 1. The second kappa shape index (κ2) is 8.64. The fourth-order valence-electron chi connectivity index (χ4n) is 2.55. The van der Waals surface area contributed by atoms with Crippen molar-refractivity contribution in [2.75, 3.05) is 31.9 Å². The highest BCUT2D eigenvalue weighted by molar-refractivity contribution is 9.09. The molecule has 0 aromatic rings. The van der Waals surface area contributed by atoms with Crippen LogP contribution >= 0.6 is 27.7 Å². The van der Waals surface area contributed by atoms with E-state index in [1.807, 2.05) is 0 Å². The van der Waals surface area contributed by atoms with E-state index in [1.165, 1.54) is 26.0 Å². The number of rotatable bonds is 8. The molecule has 0 aromatic heterocycles. The maximum Gasteiger partial charge on any atom is 0.352 e. The Hall–Kier alpha value is -1.92. The van der Waals surface area contributed by atoms with Crippen molar-refractivity contribution in [2.24, 2.45) is 5.16 Å². The van der Waals surface area contributed by atoms with Crippen molar-refractivity contribution in [2.45, 2.75) is 11.4 Å². The van der Waals surface area contributed by atoms with E-state index in [0.29, 0.717) is 11.3 Å². The highest BCUT2D eigenvalue weighted by Gasteiger charge is 2.54. The van der Waals surface area contributed by atoms with Gasteiger partial charge in [0.2, 0.25) is 11.5 Å². The van der Waals surface area contributed by atoms with Crippen molar-refractivity contribution in [3.8, 4) is 0 Å². The van der Waals surface area contributed by atoms with Crippen LogP contribution in [0.15, 0.2) is 16.4 Å². The maximum absolute atomic E-state index is 12.4. The number of carbonyl (C=O) groups excluding carboxylic acids is 3. The lowest BCUT2D eigenvalue weighted by atomic mass is 10.0. The average molecular weight is 450 g/mol. The quantitative estimate of drug-likeness (QED) is 0.164. The summed E-state index contributed by atoms with van der Waals surface area (Å²) in [5, 5.41) is 14.5. The lowest BCUT2D eigenvalue weighted by Gasteiger charge is -2.49. The predicted octanol–water partition coefficient (Wildman–Crippen LogP) is -0.662. The van der Waals surface area contributed by atoms with E-state index >= 15 is 0 Å². The SMILES string of the molecule is COCC1=C(C(=O)O)N2C(=O)C(NC(=O)/C(=N\OC)C(=O)CBr)[C@H]2SC1. The van der Waals surface area contributed by atoms with E-state index in [1.54, 1.807) is 0 Å². The summed E-state index contributed by atoms with van der Waals surface area (Å²) in [4.78, 5) is 53.5. The fourth-order valence-corrected chi connectivity index (χ4v) is 4.14. The van der Waals surface area contributed by atoms with Gasteiger partial charge in [-0.1, -0.05) is 21.1 Å². The number of aliphatic carboxylic acids is 1. The molecule has 1 unspecified atom stereocenters. The molecule has 2 amide bonds. The Morgan fingerprint density at radius 1 is 1.42 bits per heavy atom. The normalized spacial score (nSPS) is 22.5. The molecule has 0 spiro atoms. The first-order valence-electron chi connectivity index (χ1n) is 7.27. The molecule has 2 atom stereocenters. The molecule has 2 rings (SSSR count). The molecule has 0 radical (unpaired) electrons. The molecule has 142 valence electrons. The number of nitrogens with one attached hydrogen (secondary N) is 1. The number of hydrogen-bond acceptors (Lipinski definition) is 8. The third-order valence-electron chi connectivity index (χ3n) is 3.64. The molecular formula is C14H16BrN3O7S. The number of amides is 2. The Balaban J connectivity index is 2.18. The number of fused-ring (bicyclic) bond motifs is 1. The van der Waals surface area contributed by atoms with Crippen LogP contribution in [0.25, 0.3) is 0 Å². The first-order chi connectivity index (χ1) is 12.4. The van der Waals surface area contributed by atoms with Gasteiger partial charge in [0, 0.05) is 12.9 Å². The largest absolute Gasteiger partial charge is 0.477 e. The molecule has 2 aliphatic rings. The van der Waals surface area contributed by atoms with Crippen LogP contribution < -0.4 is 5.32 Å². The summed E-state index contributed by atoms with van der Waals surface area (Å²) >= 11 is 4.23. The zero-order chi connectivity index (χ0) is 19.4. The Bertz CT molecular complexity index is 709. The number of thioether (sulfide) groups is 1. The van der Waals surface area contributed by atoms with Gasteiger partial charge >= 0.3 is 5.97 Å². The first kappa shape index (κ1) is 20.4. The van der Waals surface area contributed by atoms with Crippen molar-refractivity contribution in [3.63, 3.8) is 0 Å².